The molecular formula is C29H41N3O5S2. The van der Waals surface area contributed by atoms with Gasteiger partial charge in [0.25, 0.3) is 0 Å². The molecule has 3 aliphatic carbocycles. The van der Waals surface area contributed by atoms with Gasteiger partial charge in [0, 0.05) is 5.92 Å². The van der Waals surface area contributed by atoms with E-state index in [2.05, 4.69) is 23.6 Å². The minimum absolute atomic E-state index is 0.0905. The zero-order chi connectivity index (χ0) is 27.8. The molecule has 214 valence electrons. The predicted molar refractivity (Wildman–Crippen MR) is 157 cm³/mol. The first-order chi connectivity index (χ1) is 18.8. The molecule has 3 fully saturated rings. The second kappa shape index (κ2) is 13.9. The molecule has 39 heavy (non-hydrogen) atoms. The Hall–Kier alpha value is -2.30. The van der Waals surface area contributed by atoms with Crippen molar-refractivity contribution < 1.29 is 22.6 Å². The topological polar surface area (TPSA) is 110 Å². The van der Waals surface area contributed by atoms with E-state index in [1.54, 1.807) is 37.6 Å². The third kappa shape index (κ3) is 8.11. The zero-order valence-corrected chi connectivity index (χ0v) is 24.4. The number of benzene rings is 1. The van der Waals surface area contributed by atoms with Crippen molar-refractivity contribution in [3.05, 3.63) is 53.5 Å². The first-order valence-corrected chi connectivity index (χ1v) is 16.3. The molecule has 1 unspecified atom stereocenters. The van der Waals surface area contributed by atoms with Crippen LogP contribution >= 0.6 is 11.8 Å². The van der Waals surface area contributed by atoms with Crippen LogP contribution in [0.4, 0.5) is 0 Å². The monoisotopic (exact) mass is 575 g/mol. The molecule has 1 aromatic rings. The van der Waals surface area contributed by atoms with Crippen LogP contribution in [-0.4, -0.2) is 51.4 Å². The fraction of sp³-hybridized carbons (Fsp3) is 0.586. The lowest BCUT2D eigenvalue weighted by molar-refractivity contribution is 0.0253. The number of nitrogens with zero attached hydrogens (tertiary/aromatic N) is 1. The number of allylic oxidation sites excluding steroid dienone is 1. The highest BCUT2D eigenvalue weighted by Gasteiger charge is 2.37. The van der Waals surface area contributed by atoms with Gasteiger partial charge in [-0.25, -0.2) is 8.42 Å². The van der Waals surface area contributed by atoms with E-state index in [0.717, 1.165) is 75.5 Å². The summed E-state index contributed by atoms with van der Waals surface area (Å²) in [5.74, 6) is 1.84. The maximum Gasteiger partial charge on any atom is 0.181 e. The molecule has 3 aliphatic rings. The number of hydrogen-bond donors (Lipinski definition) is 2. The van der Waals surface area contributed by atoms with Crippen molar-refractivity contribution in [2.24, 2.45) is 10.9 Å². The molecule has 0 heterocycles. The largest absolute Gasteiger partial charge is 0.501 e. The summed E-state index contributed by atoms with van der Waals surface area (Å²) in [7, 11) is -1.59. The average Bonchev–Trinajstić information content (AvgIpc) is 3.69. The van der Waals surface area contributed by atoms with Crippen molar-refractivity contribution in [3.8, 4) is 0 Å². The van der Waals surface area contributed by atoms with Crippen LogP contribution < -0.4 is 5.32 Å². The van der Waals surface area contributed by atoms with E-state index >= 15 is 0 Å². The van der Waals surface area contributed by atoms with Crippen LogP contribution in [0.3, 0.4) is 0 Å². The number of methoxy groups -OCH3 is 1. The highest BCUT2D eigenvalue weighted by molar-refractivity contribution is 8.02. The molecule has 0 spiro atoms. The SMILES string of the molecule is C=N/C=C(/OC1CCC(C(=C)OC)CC1)SCNC(=N)C(OC1CCCC1)c1ccc(S(=O)(=O)C2CC2)cc1. The maximum atomic E-state index is 12.6. The van der Waals surface area contributed by atoms with Gasteiger partial charge in [-0.05, 0) is 75.8 Å². The van der Waals surface area contributed by atoms with Crippen LogP contribution in [0.15, 0.2) is 57.8 Å². The predicted octanol–water partition coefficient (Wildman–Crippen LogP) is 6.12. The fourth-order valence-electron chi connectivity index (χ4n) is 5.22. The van der Waals surface area contributed by atoms with Crippen LogP contribution in [0, 0.1) is 11.3 Å². The fourth-order valence-corrected chi connectivity index (χ4v) is 7.60. The summed E-state index contributed by atoms with van der Waals surface area (Å²) in [6.07, 6.45) is 10.6. The van der Waals surface area contributed by atoms with E-state index in [0.29, 0.717) is 21.8 Å². The van der Waals surface area contributed by atoms with Gasteiger partial charge in [-0.3, -0.25) is 10.4 Å². The van der Waals surface area contributed by atoms with Gasteiger partial charge in [0.15, 0.2) is 14.9 Å². The van der Waals surface area contributed by atoms with Crippen molar-refractivity contribution in [1.29, 1.82) is 5.41 Å². The lowest BCUT2D eigenvalue weighted by Crippen LogP contribution is -2.32. The lowest BCUT2D eigenvalue weighted by atomic mass is 9.86. The third-order valence-corrected chi connectivity index (χ3v) is 10.8. The number of aliphatic imine (C=N–C) groups is 1. The molecule has 3 saturated carbocycles. The highest BCUT2D eigenvalue weighted by atomic mass is 32.2. The van der Waals surface area contributed by atoms with Crippen molar-refractivity contribution in [2.75, 3.05) is 13.0 Å². The van der Waals surface area contributed by atoms with E-state index in [1.807, 2.05) is 0 Å². The highest BCUT2D eigenvalue weighted by Crippen LogP contribution is 2.35. The summed E-state index contributed by atoms with van der Waals surface area (Å²) >= 11 is 1.43. The van der Waals surface area contributed by atoms with Crippen molar-refractivity contribution in [1.82, 2.24) is 5.32 Å². The van der Waals surface area contributed by atoms with Crippen molar-refractivity contribution in [2.45, 2.75) is 92.7 Å². The van der Waals surface area contributed by atoms with E-state index in [-0.39, 0.29) is 23.3 Å². The number of hydrogen-bond acceptors (Lipinski definition) is 8. The van der Waals surface area contributed by atoms with E-state index in [9.17, 15) is 8.42 Å². The van der Waals surface area contributed by atoms with E-state index in [4.69, 9.17) is 19.6 Å². The third-order valence-electron chi connectivity index (χ3n) is 7.72. The Morgan fingerprint density at radius 1 is 1.10 bits per heavy atom. The van der Waals surface area contributed by atoms with Gasteiger partial charge in [0.05, 0.1) is 47.3 Å². The Bertz CT molecular complexity index is 1130. The summed E-state index contributed by atoms with van der Waals surface area (Å²) in [6.45, 7) is 7.57. The van der Waals surface area contributed by atoms with Crippen molar-refractivity contribution in [3.63, 3.8) is 0 Å². The second-order valence-corrected chi connectivity index (χ2v) is 13.7. The van der Waals surface area contributed by atoms with E-state index in [1.165, 1.54) is 11.8 Å². The smallest absolute Gasteiger partial charge is 0.181 e. The van der Waals surface area contributed by atoms with Gasteiger partial charge in [0.1, 0.15) is 11.9 Å². The molecular weight excluding hydrogens is 534 g/mol. The summed E-state index contributed by atoms with van der Waals surface area (Å²) in [5.41, 5.74) is 0.772. The van der Waals surface area contributed by atoms with Gasteiger partial charge < -0.3 is 19.5 Å². The van der Waals surface area contributed by atoms with Gasteiger partial charge in [0.2, 0.25) is 0 Å². The number of sulfone groups is 1. The molecule has 1 atom stereocenters. The number of amidine groups is 1. The Kier molecular flexibility index (Phi) is 10.5. The van der Waals surface area contributed by atoms with Gasteiger partial charge >= 0.3 is 0 Å². The lowest BCUT2D eigenvalue weighted by Gasteiger charge is -2.30. The van der Waals surface area contributed by atoms with Gasteiger partial charge in [-0.1, -0.05) is 43.3 Å². The molecule has 0 radical (unpaired) electrons. The maximum absolute atomic E-state index is 12.6. The standard InChI is InChI=1S/C29H41N3O5S2/c1-20(35-3)21-8-12-24(13-9-21)36-27(18-31-2)38-19-32-29(30)28(37-23-6-4-5-7-23)22-10-14-25(15-11-22)39(33,34)26-16-17-26/h10-11,14-15,18,21,23-24,26,28H,1-2,4-9,12-13,16-17,19H2,3H3,(H2,30,32)/b27-18-. The minimum Gasteiger partial charge on any atom is -0.501 e. The van der Waals surface area contributed by atoms with Crippen LogP contribution in [0.5, 0.6) is 0 Å². The number of rotatable bonds is 14. The van der Waals surface area contributed by atoms with Crippen molar-refractivity contribution >= 4 is 34.2 Å². The molecule has 0 saturated heterocycles. The molecule has 0 bridgehead atoms. The second-order valence-electron chi connectivity index (χ2n) is 10.5. The molecule has 8 nitrogen and oxygen atoms in total. The first-order valence-electron chi connectivity index (χ1n) is 13.8. The summed E-state index contributed by atoms with van der Waals surface area (Å²) < 4.78 is 43.1. The Morgan fingerprint density at radius 2 is 1.77 bits per heavy atom. The first kappa shape index (κ1) is 29.7. The quantitative estimate of drug-likeness (QED) is 0.119. The summed E-state index contributed by atoms with van der Waals surface area (Å²) in [6, 6.07) is 6.86. The number of thioether (sulfide) groups is 1. The molecule has 0 aromatic heterocycles. The van der Waals surface area contributed by atoms with Crippen LogP contribution in [0.25, 0.3) is 0 Å². The van der Waals surface area contributed by atoms with Crippen LogP contribution in [0.2, 0.25) is 0 Å². The van der Waals surface area contributed by atoms with Crippen LogP contribution in [0.1, 0.15) is 75.9 Å². The average molecular weight is 576 g/mol. The molecule has 2 N–H and O–H groups in total. The van der Waals surface area contributed by atoms with Crippen LogP contribution in [-0.2, 0) is 24.0 Å². The molecule has 0 amide bonds. The number of ether oxygens (including phenoxy) is 3. The zero-order valence-electron chi connectivity index (χ0n) is 22.8. The molecule has 10 heteroatoms. The minimum atomic E-state index is -3.26. The summed E-state index contributed by atoms with van der Waals surface area (Å²) in [5, 5.41) is 12.4. The molecule has 4 rings (SSSR count). The Labute approximate surface area is 237 Å². The molecule has 0 aliphatic heterocycles. The molecule has 1 aromatic carbocycles. The van der Waals surface area contributed by atoms with Gasteiger partial charge in [-0.2, -0.15) is 0 Å². The normalized spacial score (nSPS) is 23.2. The van der Waals surface area contributed by atoms with E-state index < -0.39 is 15.9 Å². The Balaban J connectivity index is 1.34. The summed E-state index contributed by atoms with van der Waals surface area (Å²) in [4.78, 5) is 4.25. The van der Waals surface area contributed by atoms with Gasteiger partial charge in [-0.15, -0.1) is 0 Å². The number of nitrogens with one attached hydrogen (secondary N) is 2. The Morgan fingerprint density at radius 3 is 2.36 bits per heavy atom.